The van der Waals surface area contributed by atoms with E-state index < -0.39 is 0 Å². The van der Waals surface area contributed by atoms with Gasteiger partial charge in [-0.1, -0.05) is 12.1 Å². The molecule has 1 saturated heterocycles. The van der Waals surface area contributed by atoms with Crippen LogP contribution in [0.2, 0.25) is 0 Å². The molecular weight excluding hydrogens is 378 g/mol. The highest BCUT2D eigenvalue weighted by atomic mass is 16.5. The molecular formula is C25H31NO4. The van der Waals surface area contributed by atoms with Gasteiger partial charge in [-0.15, -0.1) is 0 Å². The molecule has 2 aliphatic rings. The standard InChI is InChI=1S/C25H31NO4/c1-28-22-6-3-5-19(12-22)14-25(18-27)9-4-10-26(17-25)15-20-11-21-13-23(29-2)7-8-24(21)30-16-20/h3,5-8,11-13,27H,4,9-10,14-18H2,1-2H3/t25-/m1/s1. The Balaban J connectivity index is 1.47. The minimum absolute atomic E-state index is 0.123. The van der Waals surface area contributed by atoms with Gasteiger partial charge in [-0.25, -0.2) is 0 Å². The lowest BCUT2D eigenvalue weighted by Crippen LogP contribution is -2.47. The average molecular weight is 410 g/mol. The maximum absolute atomic E-state index is 10.3. The average Bonchev–Trinajstić information content (AvgIpc) is 2.79. The van der Waals surface area contributed by atoms with Gasteiger partial charge in [-0.2, -0.15) is 0 Å². The van der Waals surface area contributed by atoms with Crippen LogP contribution in [-0.4, -0.2) is 57.1 Å². The third-order valence-corrected chi connectivity index (χ3v) is 6.21. The van der Waals surface area contributed by atoms with Gasteiger partial charge in [0.2, 0.25) is 0 Å². The number of piperidine rings is 1. The van der Waals surface area contributed by atoms with E-state index in [9.17, 15) is 5.11 Å². The number of nitrogens with zero attached hydrogens (tertiary/aromatic N) is 1. The van der Waals surface area contributed by atoms with Crippen LogP contribution in [0.4, 0.5) is 0 Å². The topological polar surface area (TPSA) is 51.2 Å². The molecule has 0 unspecified atom stereocenters. The van der Waals surface area contributed by atoms with Crippen LogP contribution < -0.4 is 14.2 Å². The highest BCUT2D eigenvalue weighted by Crippen LogP contribution is 2.35. The maximum atomic E-state index is 10.3. The number of aliphatic hydroxyl groups is 1. The van der Waals surface area contributed by atoms with E-state index in [4.69, 9.17) is 14.2 Å². The molecule has 5 nitrogen and oxygen atoms in total. The van der Waals surface area contributed by atoms with Gasteiger partial charge in [0.05, 0.1) is 20.8 Å². The summed E-state index contributed by atoms with van der Waals surface area (Å²) in [5.41, 5.74) is 3.41. The fourth-order valence-electron chi connectivity index (χ4n) is 4.70. The second-order valence-electron chi connectivity index (χ2n) is 8.50. The summed E-state index contributed by atoms with van der Waals surface area (Å²) in [5.74, 6) is 2.61. The van der Waals surface area contributed by atoms with Crippen LogP contribution >= 0.6 is 0 Å². The van der Waals surface area contributed by atoms with Gasteiger partial charge in [-0.05, 0) is 73.4 Å². The summed E-state index contributed by atoms with van der Waals surface area (Å²) >= 11 is 0. The Morgan fingerprint density at radius 1 is 1.10 bits per heavy atom. The SMILES string of the molecule is COc1cccc(C[C@]2(CO)CCCN(CC3=Cc4cc(OC)ccc4OC3)C2)c1. The third kappa shape index (κ3) is 4.63. The normalized spacial score (nSPS) is 21.4. The van der Waals surface area contributed by atoms with Crippen LogP contribution in [0.1, 0.15) is 24.0 Å². The molecule has 5 heteroatoms. The zero-order valence-electron chi connectivity index (χ0n) is 17.9. The van der Waals surface area contributed by atoms with Crippen molar-refractivity contribution in [3.8, 4) is 17.2 Å². The Kier molecular flexibility index (Phi) is 6.30. The van der Waals surface area contributed by atoms with Gasteiger partial charge >= 0.3 is 0 Å². The number of hydrogen-bond acceptors (Lipinski definition) is 5. The highest BCUT2D eigenvalue weighted by Gasteiger charge is 2.35. The Hall–Kier alpha value is -2.50. The number of fused-ring (bicyclic) bond motifs is 1. The van der Waals surface area contributed by atoms with E-state index >= 15 is 0 Å². The van der Waals surface area contributed by atoms with Crippen molar-refractivity contribution in [2.45, 2.75) is 19.3 Å². The van der Waals surface area contributed by atoms with Crippen molar-refractivity contribution in [3.05, 3.63) is 59.2 Å². The molecule has 4 rings (SSSR count). The first kappa shape index (κ1) is 20.8. The second-order valence-corrected chi connectivity index (χ2v) is 8.50. The summed E-state index contributed by atoms with van der Waals surface area (Å²) in [6.07, 6.45) is 5.20. The number of rotatable bonds is 7. The van der Waals surface area contributed by atoms with Crippen LogP contribution in [0.3, 0.4) is 0 Å². The predicted molar refractivity (Wildman–Crippen MR) is 118 cm³/mol. The quantitative estimate of drug-likeness (QED) is 0.754. The molecule has 0 spiro atoms. The Labute approximate surface area is 178 Å². The van der Waals surface area contributed by atoms with E-state index in [0.29, 0.717) is 6.61 Å². The summed E-state index contributed by atoms with van der Waals surface area (Å²) in [4.78, 5) is 2.46. The Morgan fingerprint density at radius 2 is 1.93 bits per heavy atom. The van der Waals surface area contributed by atoms with E-state index in [-0.39, 0.29) is 12.0 Å². The lowest BCUT2D eigenvalue weighted by atomic mass is 9.75. The number of aliphatic hydroxyl groups excluding tert-OH is 1. The highest BCUT2D eigenvalue weighted by molar-refractivity contribution is 5.64. The molecule has 30 heavy (non-hydrogen) atoms. The second kappa shape index (κ2) is 9.11. The molecule has 1 N–H and O–H groups in total. The summed E-state index contributed by atoms with van der Waals surface area (Å²) in [5, 5.41) is 10.3. The number of ether oxygens (including phenoxy) is 3. The third-order valence-electron chi connectivity index (χ3n) is 6.21. The number of methoxy groups -OCH3 is 2. The maximum Gasteiger partial charge on any atom is 0.127 e. The monoisotopic (exact) mass is 409 g/mol. The van der Waals surface area contributed by atoms with Crippen molar-refractivity contribution < 1.29 is 19.3 Å². The lowest BCUT2D eigenvalue weighted by Gasteiger charge is -2.42. The van der Waals surface area contributed by atoms with E-state index in [1.807, 2.05) is 30.3 Å². The molecule has 0 amide bonds. The molecule has 1 fully saturated rings. The first-order valence-corrected chi connectivity index (χ1v) is 10.6. The van der Waals surface area contributed by atoms with Gasteiger partial charge in [0.1, 0.15) is 23.9 Å². The summed E-state index contributed by atoms with van der Waals surface area (Å²) in [6.45, 7) is 3.58. The molecule has 0 aromatic heterocycles. The first-order valence-electron chi connectivity index (χ1n) is 10.6. The van der Waals surface area contributed by atoms with Crippen LogP contribution in [0.5, 0.6) is 17.2 Å². The van der Waals surface area contributed by atoms with Crippen LogP contribution in [0, 0.1) is 5.41 Å². The number of likely N-dealkylation sites (tertiary alicyclic amines) is 1. The summed E-state index contributed by atoms with van der Waals surface area (Å²) in [6, 6.07) is 14.1. The van der Waals surface area contributed by atoms with Gasteiger partial charge in [-0.3, -0.25) is 4.90 Å². The molecule has 2 aromatic carbocycles. The fourth-order valence-corrected chi connectivity index (χ4v) is 4.70. The summed E-state index contributed by atoms with van der Waals surface area (Å²) in [7, 11) is 3.37. The molecule has 160 valence electrons. The zero-order chi connectivity index (χ0) is 21.0. The van der Waals surface area contributed by atoms with Gasteiger partial charge < -0.3 is 19.3 Å². The van der Waals surface area contributed by atoms with Crippen LogP contribution in [-0.2, 0) is 6.42 Å². The number of benzene rings is 2. The van der Waals surface area contributed by atoms with Crippen LogP contribution in [0.25, 0.3) is 6.08 Å². The predicted octanol–water partition coefficient (Wildman–Crippen LogP) is 3.80. The minimum atomic E-state index is -0.123. The molecule has 0 bridgehead atoms. The smallest absolute Gasteiger partial charge is 0.127 e. The van der Waals surface area contributed by atoms with Crippen LogP contribution in [0.15, 0.2) is 48.0 Å². The largest absolute Gasteiger partial charge is 0.497 e. The van der Waals surface area contributed by atoms with Gasteiger partial charge in [0.15, 0.2) is 0 Å². The van der Waals surface area contributed by atoms with E-state index in [1.165, 1.54) is 11.1 Å². The van der Waals surface area contributed by atoms with E-state index in [0.717, 1.165) is 61.7 Å². The molecule has 0 saturated carbocycles. The fraction of sp³-hybridized carbons (Fsp3) is 0.440. The Bertz CT molecular complexity index is 910. The van der Waals surface area contributed by atoms with Crippen molar-refractivity contribution in [2.75, 3.05) is 47.1 Å². The van der Waals surface area contributed by atoms with Crippen molar-refractivity contribution in [3.63, 3.8) is 0 Å². The van der Waals surface area contributed by atoms with Crippen molar-refractivity contribution in [2.24, 2.45) is 5.41 Å². The van der Waals surface area contributed by atoms with Gasteiger partial charge in [0, 0.05) is 24.1 Å². The van der Waals surface area contributed by atoms with Crippen molar-refractivity contribution in [1.29, 1.82) is 0 Å². The molecule has 2 aromatic rings. The summed E-state index contributed by atoms with van der Waals surface area (Å²) < 4.78 is 16.7. The minimum Gasteiger partial charge on any atom is -0.497 e. The van der Waals surface area contributed by atoms with Crippen molar-refractivity contribution in [1.82, 2.24) is 4.90 Å². The number of hydrogen-bond donors (Lipinski definition) is 1. The molecule has 1 atom stereocenters. The Morgan fingerprint density at radius 3 is 2.73 bits per heavy atom. The molecule has 0 radical (unpaired) electrons. The van der Waals surface area contributed by atoms with E-state index in [2.05, 4.69) is 23.1 Å². The van der Waals surface area contributed by atoms with E-state index in [1.54, 1.807) is 14.2 Å². The van der Waals surface area contributed by atoms with Crippen molar-refractivity contribution >= 4 is 6.08 Å². The zero-order valence-corrected chi connectivity index (χ0v) is 17.9. The molecule has 2 heterocycles. The van der Waals surface area contributed by atoms with Gasteiger partial charge in [0.25, 0.3) is 0 Å². The molecule has 0 aliphatic carbocycles. The molecule has 2 aliphatic heterocycles. The first-order chi connectivity index (χ1) is 14.6. The lowest BCUT2D eigenvalue weighted by molar-refractivity contribution is 0.0356.